The second kappa shape index (κ2) is 8.85. The number of nitrogens with zero attached hydrogens (tertiary/aromatic N) is 2. The van der Waals surface area contributed by atoms with E-state index in [0.717, 1.165) is 17.3 Å². The molecule has 3 aromatic carbocycles. The molecule has 1 amide bonds. The maximum absolute atomic E-state index is 13.4. The summed E-state index contributed by atoms with van der Waals surface area (Å²) in [6.07, 6.45) is 0. The molecule has 5 rings (SSSR count). The molecule has 0 aliphatic heterocycles. The van der Waals surface area contributed by atoms with Crippen molar-refractivity contribution in [3.63, 3.8) is 0 Å². The van der Waals surface area contributed by atoms with E-state index in [1.54, 1.807) is 36.4 Å². The number of fused-ring (bicyclic) bond motifs is 2. The van der Waals surface area contributed by atoms with Crippen LogP contribution in [-0.4, -0.2) is 31.2 Å². The molecule has 5 aromatic rings. The molecule has 0 bridgehead atoms. The van der Waals surface area contributed by atoms with Gasteiger partial charge in [-0.25, -0.2) is 9.78 Å². The first kappa shape index (κ1) is 22.0. The smallest absolute Gasteiger partial charge is 0.323 e. The van der Waals surface area contributed by atoms with Crippen LogP contribution < -0.4 is 16.6 Å². The van der Waals surface area contributed by atoms with Gasteiger partial charge < -0.3 is 15.3 Å². The summed E-state index contributed by atoms with van der Waals surface area (Å²) in [5, 5.41) is 4.10. The molecular weight excluding hydrogens is 474 g/mol. The number of thioether (sulfide) groups is 1. The third-order valence-corrected chi connectivity index (χ3v) is 6.37. The molecule has 3 N–H and O–H groups in total. The molecule has 0 saturated carbocycles. The number of carbonyl (C=O) groups excluding carboxylic acids is 1. The van der Waals surface area contributed by atoms with Crippen LogP contribution in [0.25, 0.3) is 27.6 Å². The lowest BCUT2D eigenvalue weighted by atomic mass is 10.2. The SMILES string of the molecule is Cc1cccc(-n2c(SCC(=O)Nc3ccc4[nH]c(=O)[nH]c4c3)nc3cc(Cl)ccc3c2=O)c1. The second-order valence-electron chi connectivity index (χ2n) is 7.71. The Kier molecular flexibility index (Phi) is 5.72. The fraction of sp³-hybridized carbons (Fsp3) is 0.0833. The van der Waals surface area contributed by atoms with Crippen molar-refractivity contribution in [1.82, 2.24) is 19.5 Å². The summed E-state index contributed by atoms with van der Waals surface area (Å²) in [6.45, 7) is 1.94. The van der Waals surface area contributed by atoms with E-state index in [4.69, 9.17) is 11.6 Å². The molecule has 0 atom stereocenters. The van der Waals surface area contributed by atoms with Gasteiger partial charge >= 0.3 is 5.69 Å². The number of halogens is 1. The first-order chi connectivity index (χ1) is 16.4. The summed E-state index contributed by atoms with van der Waals surface area (Å²) >= 11 is 7.27. The highest BCUT2D eigenvalue weighted by Gasteiger charge is 2.16. The lowest BCUT2D eigenvalue weighted by molar-refractivity contribution is -0.113. The summed E-state index contributed by atoms with van der Waals surface area (Å²) < 4.78 is 1.51. The van der Waals surface area contributed by atoms with Crippen LogP contribution in [0.4, 0.5) is 5.69 Å². The highest BCUT2D eigenvalue weighted by molar-refractivity contribution is 7.99. The average Bonchev–Trinajstić information content (AvgIpc) is 3.16. The van der Waals surface area contributed by atoms with Crippen LogP contribution in [-0.2, 0) is 4.79 Å². The van der Waals surface area contributed by atoms with Gasteiger partial charge in [0.25, 0.3) is 5.56 Å². The minimum Gasteiger partial charge on any atom is -0.325 e. The lowest BCUT2D eigenvalue weighted by Crippen LogP contribution is -2.23. The number of aromatic amines is 2. The van der Waals surface area contributed by atoms with Gasteiger partial charge in [0.1, 0.15) is 0 Å². The molecule has 0 aliphatic carbocycles. The minimum atomic E-state index is -0.314. The summed E-state index contributed by atoms with van der Waals surface area (Å²) in [6, 6.07) is 17.6. The van der Waals surface area contributed by atoms with Crippen molar-refractivity contribution in [2.24, 2.45) is 0 Å². The second-order valence-corrected chi connectivity index (χ2v) is 9.09. The van der Waals surface area contributed by atoms with Gasteiger partial charge in [0.05, 0.1) is 33.4 Å². The molecule has 8 nitrogen and oxygen atoms in total. The molecule has 0 spiro atoms. The van der Waals surface area contributed by atoms with Crippen molar-refractivity contribution in [2.45, 2.75) is 12.1 Å². The number of aryl methyl sites for hydroxylation is 1. The van der Waals surface area contributed by atoms with Gasteiger partial charge in [-0.15, -0.1) is 0 Å². The average molecular weight is 492 g/mol. The summed E-state index contributed by atoms with van der Waals surface area (Å²) in [5.41, 5.74) is 3.36. The Balaban J connectivity index is 1.46. The van der Waals surface area contributed by atoms with E-state index >= 15 is 0 Å². The fourth-order valence-corrected chi connectivity index (χ4v) is 4.65. The van der Waals surface area contributed by atoms with Crippen molar-refractivity contribution in [1.29, 1.82) is 0 Å². The van der Waals surface area contributed by atoms with Gasteiger partial charge in [0.15, 0.2) is 5.16 Å². The number of benzene rings is 3. The number of aromatic nitrogens is 4. The number of imidazole rings is 1. The van der Waals surface area contributed by atoms with Crippen LogP contribution in [0.15, 0.2) is 75.4 Å². The molecule has 34 heavy (non-hydrogen) atoms. The van der Waals surface area contributed by atoms with E-state index in [9.17, 15) is 14.4 Å². The molecule has 0 radical (unpaired) electrons. The Morgan fingerprint density at radius 2 is 1.88 bits per heavy atom. The van der Waals surface area contributed by atoms with E-state index in [-0.39, 0.29) is 22.9 Å². The van der Waals surface area contributed by atoms with Crippen molar-refractivity contribution >= 4 is 56.9 Å². The number of anilines is 1. The standard InChI is InChI=1S/C24H18ClN5O3S/c1-13-3-2-4-16(9-13)30-22(32)17-7-5-14(25)10-19(17)29-24(30)34-12-21(31)26-15-6-8-18-20(11-15)28-23(33)27-18/h2-11H,12H2,1H3,(H,26,31)(H2,27,28,33). The number of hydrogen-bond donors (Lipinski definition) is 3. The molecule has 2 heterocycles. The Hall–Kier alpha value is -3.82. The van der Waals surface area contributed by atoms with E-state index in [2.05, 4.69) is 20.3 Å². The molecule has 0 unspecified atom stereocenters. The highest BCUT2D eigenvalue weighted by atomic mass is 35.5. The Bertz CT molecular complexity index is 1690. The van der Waals surface area contributed by atoms with Gasteiger partial charge in [-0.3, -0.25) is 14.2 Å². The summed E-state index contributed by atoms with van der Waals surface area (Å²) in [5.74, 6) is -0.259. The Morgan fingerprint density at radius 3 is 2.71 bits per heavy atom. The molecule has 0 aliphatic rings. The minimum absolute atomic E-state index is 0.0199. The maximum Gasteiger partial charge on any atom is 0.323 e. The van der Waals surface area contributed by atoms with Crippen LogP contribution in [0.3, 0.4) is 0 Å². The van der Waals surface area contributed by atoms with Gasteiger partial charge in [-0.1, -0.05) is 35.5 Å². The molecule has 10 heteroatoms. The molecule has 2 aromatic heterocycles. The number of carbonyl (C=O) groups is 1. The van der Waals surface area contributed by atoms with Gasteiger partial charge in [-0.05, 0) is 61.0 Å². The lowest BCUT2D eigenvalue weighted by Gasteiger charge is -2.14. The normalized spacial score (nSPS) is 11.2. The predicted molar refractivity (Wildman–Crippen MR) is 135 cm³/mol. The first-order valence-corrected chi connectivity index (χ1v) is 11.7. The molecular formula is C24H18ClN5O3S. The Labute approximate surface area is 202 Å². The van der Waals surface area contributed by atoms with Crippen LogP contribution >= 0.6 is 23.4 Å². The number of nitrogens with one attached hydrogen (secondary N) is 3. The van der Waals surface area contributed by atoms with Crippen LogP contribution in [0, 0.1) is 6.92 Å². The third-order valence-electron chi connectivity index (χ3n) is 5.19. The number of hydrogen-bond acceptors (Lipinski definition) is 5. The zero-order chi connectivity index (χ0) is 23.8. The molecule has 0 saturated heterocycles. The maximum atomic E-state index is 13.4. The van der Waals surface area contributed by atoms with Crippen molar-refractivity contribution in [3.8, 4) is 5.69 Å². The fourth-order valence-electron chi connectivity index (χ4n) is 3.67. The topological polar surface area (TPSA) is 113 Å². The monoisotopic (exact) mass is 491 g/mol. The van der Waals surface area contributed by atoms with Crippen LogP contribution in [0.1, 0.15) is 5.56 Å². The van der Waals surface area contributed by atoms with E-state index in [1.807, 2.05) is 31.2 Å². The third kappa shape index (κ3) is 4.35. The van der Waals surface area contributed by atoms with Gasteiger partial charge in [0, 0.05) is 10.7 Å². The quantitative estimate of drug-likeness (QED) is 0.251. The number of H-pyrrole nitrogens is 2. The zero-order valence-corrected chi connectivity index (χ0v) is 19.5. The molecule has 170 valence electrons. The van der Waals surface area contributed by atoms with Gasteiger partial charge in [-0.2, -0.15) is 0 Å². The van der Waals surface area contributed by atoms with Crippen LogP contribution in [0.2, 0.25) is 5.02 Å². The van der Waals surface area contributed by atoms with Crippen LogP contribution in [0.5, 0.6) is 0 Å². The first-order valence-electron chi connectivity index (χ1n) is 10.3. The zero-order valence-electron chi connectivity index (χ0n) is 17.9. The summed E-state index contributed by atoms with van der Waals surface area (Å²) in [4.78, 5) is 47.5. The van der Waals surface area contributed by atoms with E-state index in [1.165, 1.54) is 4.57 Å². The Morgan fingerprint density at radius 1 is 1.06 bits per heavy atom. The largest absolute Gasteiger partial charge is 0.325 e. The number of amides is 1. The predicted octanol–water partition coefficient (Wildman–Crippen LogP) is 4.25. The van der Waals surface area contributed by atoms with E-state index < -0.39 is 0 Å². The van der Waals surface area contributed by atoms with Gasteiger partial charge in [0.2, 0.25) is 5.91 Å². The van der Waals surface area contributed by atoms with Crippen molar-refractivity contribution < 1.29 is 4.79 Å². The van der Waals surface area contributed by atoms with Crippen molar-refractivity contribution in [3.05, 3.63) is 92.1 Å². The summed E-state index contributed by atoms with van der Waals surface area (Å²) in [7, 11) is 0. The van der Waals surface area contributed by atoms with Crippen molar-refractivity contribution in [2.75, 3.05) is 11.1 Å². The van der Waals surface area contributed by atoms with E-state index in [0.29, 0.717) is 43.5 Å². The highest BCUT2D eigenvalue weighted by Crippen LogP contribution is 2.24. The number of rotatable bonds is 5. The molecule has 0 fully saturated rings.